The number of rotatable bonds is 10. The smallest absolute Gasteiger partial charge is 1.00 e. The zero-order valence-corrected chi connectivity index (χ0v) is 57.2. The van der Waals surface area contributed by atoms with Gasteiger partial charge in [-0.1, -0.05) is 139 Å². The summed E-state index contributed by atoms with van der Waals surface area (Å²) in [6, 6.07) is 0. The molecule has 2 N–H and O–H groups in total. The number of carbonyl (C=O) groups excluding carboxylic acids is 2. The molecule has 0 atom stereocenters. The quantitative estimate of drug-likeness (QED) is 0.0775. The SMILES string of the molecule is C1CCC(CN2CCCCC2)CC1.C1CCNCC1.CCI.CC[N+]1(CC2CCCCC2)CCCCC1.CC[N+]1(CC2CCCCC2)CCCCC1.O=C(C1CCCCC1)N1CCCCC1.O=C(Cl)C1CCCCC1.[AlH3].[H-].[I-].[Li+].[OH-]. The van der Waals surface area contributed by atoms with Crippen molar-refractivity contribution >= 4 is 62.7 Å². The summed E-state index contributed by atoms with van der Waals surface area (Å²) in [6.07, 6.45) is 55.8. The molecule has 0 aromatic rings. The van der Waals surface area contributed by atoms with Crippen LogP contribution in [-0.2, 0) is 9.59 Å². The molecule has 5 aliphatic heterocycles. The number of amides is 1. The van der Waals surface area contributed by atoms with E-state index in [1.54, 1.807) is 0 Å². The molecule has 0 radical (unpaired) electrons. The second kappa shape index (κ2) is 51.8. The molecule has 79 heavy (non-hydrogen) atoms. The number of nitrogens with one attached hydrogen (secondary N) is 1. The number of hydrogen-bond acceptors (Lipinski definition) is 5. The normalized spacial score (nSPS) is 24.1. The minimum absolute atomic E-state index is 0. The molecule has 5 saturated carbocycles. The van der Waals surface area contributed by atoms with Crippen LogP contribution in [-0.4, -0.2) is 155 Å². The van der Waals surface area contributed by atoms with Gasteiger partial charge in [0.2, 0.25) is 11.1 Å². The molecule has 0 aromatic heterocycles. The molecule has 0 spiro atoms. The first-order valence-corrected chi connectivity index (χ1v) is 35.8. The molecule has 5 saturated heterocycles. The predicted octanol–water partition coefficient (Wildman–Crippen LogP) is 10.1. The van der Waals surface area contributed by atoms with Crippen molar-refractivity contribution in [3.63, 3.8) is 0 Å². The molecule has 0 bridgehead atoms. The zero-order chi connectivity index (χ0) is 53.5. The monoisotopic (exact) mass is 1370 g/mol. The molecular formula is C66H132AlClI2LiN5O3. The van der Waals surface area contributed by atoms with Gasteiger partial charge in [-0.25, -0.2) is 0 Å². The topological polar surface area (TPSA) is 82.7 Å². The van der Waals surface area contributed by atoms with Gasteiger partial charge in [-0.3, -0.25) is 9.59 Å². The van der Waals surface area contributed by atoms with Crippen LogP contribution in [0.5, 0.6) is 0 Å². The van der Waals surface area contributed by atoms with Gasteiger partial charge in [0, 0.05) is 43.3 Å². The maximum Gasteiger partial charge on any atom is 1.00 e. The summed E-state index contributed by atoms with van der Waals surface area (Å²) in [5.74, 6) is 4.20. The molecule has 5 aliphatic carbocycles. The van der Waals surface area contributed by atoms with Crippen LogP contribution >= 0.6 is 34.2 Å². The number of piperidine rings is 5. The fourth-order valence-corrected chi connectivity index (χ4v) is 15.4. The van der Waals surface area contributed by atoms with Crippen LogP contribution in [0.1, 0.15) is 279 Å². The van der Waals surface area contributed by atoms with Crippen LogP contribution in [0.25, 0.3) is 0 Å². The van der Waals surface area contributed by atoms with Crippen molar-refractivity contribution in [1.82, 2.24) is 15.1 Å². The van der Waals surface area contributed by atoms with E-state index in [0.717, 1.165) is 56.5 Å². The zero-order valence-electron chi connectivity index (χ0n) is 53.2. The summed E-state index contributed by atoms with van der Waals surface area (Å²) < 4.78 is 4.15. The minimum atomic E-state index is -0.130. The van der Waals surface area contributed by atoms with E-state index in [9.17, 15) is 9.59 Å². The Morgan fingerprint density at radius 1 is 0.468 bits per heavy atom. The van der Waals surface area contributed by atoms with E-state index in [1.165, 1.54) is 330 Å². The summed E-state index contributed by atoms with van der Waals surface area (Å²) in [5, 5.41) is 3.15. The first kappa shape index (κ1) is 80.8. The summed E-state index contributed by atoms with van der Waals surface area (Å²) in [5.41, 5.74) is 0. The second-order valence-corrected chi connectivity index (χ2v) is 27.9. The molecule has 10 rings (SSSR count). The summed E-state index contributed by atoms with van der Waals surface area (Å²) in [7, 11) is 0. The average molecular weight is 1370 g/mol. The van der Waals surface area contributed by atoms with Crippen molar-refractivity contribution < 1.29 is 68.3 Å². The third kappa shape index (κ3) is 36.0. The van der Waals surface area contributed by atoms with Gasteiger partial charge in [-0.05, 0) is 210 Å². The summed E-state index contributed by atoms with van der Waals surface area (Å²) in [6.45, 7) is 27.4. The van der Waals surface area contributed by atoms with Gasteiger partial charge in [0.05, 0.1) is 52.4 Å². The summed E-state index contributed by atoms with van der Waals surface area (Å²) in [4.78, 5) is 27.5. The van der Waals surface area contributed by atoms with E-state index in [1.807, 2.05) is 0 Å². The Balaban J connectivity index is 0. The molecule has 5 heterocycles. The summed E-state index contributed by atoms with van der Waals surface area (Å²) >= 11 is 7.61. The van der Waals surface area contributed by atoms with E-state index < -0.39 is 0 Å². The van der Waals surface area contributed by atoms with Crippen molar-refractivity contribution in [3.05, 3.63) is 0 Å². The van der Waals surface area contributed by atoms with Gasteiger partial charge in [-0.15, -0.1) is 0 Å². The number of carbonyl (C=O) groups is 2. The molecule has 0 aromatic carbocycles. The Hall–Kier alpha value is 1.82. The number of halogens is 3. The van der Waals surface area contributed by atoms with Crippen LogP contribution in [0.15, 0.2) is 0 Å². The van der Waals surface area contributed by atoms with E-state index in [0.29, 0.717) is 11.8 Å². The Labute approximate surface area is 551 Å². The third-order valence-corrected chi connectivity index (χ3v) is 20.4. The minimum Gasteiger partial charge on any atom is -1.00 e. The molecule has 10 fully saturated rings. The van der Waals surface area contributed by atoms with E-state index in [4.69, 9.17) is 11.6 Å². The number of hydrogen-bond donors (Lipinski definition) is 1. The Morgan fingerprint density at radius 3 is 1.09 bits per heavy atom. The van der Waals surface area contributed by atoms with Crippen LogP contribution in [0.4, 0.5) is 0 Å². The number of nitrogens with zero attached hydrogens (tertiary/aromatic N) is 4. The molecule has 464 valence electrons. The van der Waals surface area contributed by atoms with Crippen molar-refractivity contribution in [2.45, 2.75) is 278 Å². The maximum absolute atomic E-state index is 12.1. The average Bonchev–Trinajstić information content (AvgIpc) is 3.49. The number of likely N-dealkylation sites (tertiary alicyclic amines) is 4. The Kier molecular flexibility index (Phi) is 53.0. The van der Waals surface area contributed by atoms with Gasteiger partial charge in [0.1, 0.15) is 0 Å². The van der Waals surface area contributed by atoms with E-state index in [-0.39, 0.29) is 78.3 Å². The first-order chi connectivity index (χ1) is 36.7. The number of alkyl halides is 1. The second-order valence-electron chi connectivity index (χ2n) is 26.0. The van der Waals surface area contributed by atoms with Crippen LogP contribution < -0.4 is 48.2 Å². The van der Waals surface area contributed by atoms with Gasteiger partial charge >= 0.3 is 18.9 Å². The first-order valence-electron chi connectivity index (χ1n) is 33.9. The number of quaternary nitrogens is 2. The van der Waals surface area contributed by atoms with Crippen molar-refractivity contribution in [3.8, 4) is 0 Å². The van der Waals surface area contributed by atoms with Crippen LogP contribution in [0, 0.1) is 29.6 Å². The van der Waals surface area contributed by atoms with Gasteiger partial charge in [0.25, 0.3) is 0 Å². The standard InChI is InChI=1S/2C14H28N.C12H21NO.C12H23N.C7H11ClO.C5H11N.C2H5I.Al.HI.Li.H2O.4H/c2*1-2-15(11-7-4-8-12-15)13-14-9-5-3-6-10-14;14-12(11-7-3-1-4-8-11)13-9-5-2-6-10-13;1-3-7-12(8-4-1)11-13-9-5-2-6-10-13;8-7(9)6-4-2-1-3-5-6;1-2-4-6-5-3-1;1-2-3;;;;;;;;/h2*14H,2-13H2,1H3;11H,1-10H2;12H,1-11H2;6H,1-5H2;6H,1-5H2;2H2,1H3;;1H;;1H2;;;;/q2*+1;;;;;;;;+1;;;;;-1/p-2. The van der Waals surface area contributed by atoms with E-state index in [2.05, 4.69) is 58.5 Å². The van der Waals surface area contributed by atoms with Gasteiger partial charge in [0.15, 0.2) is 17.4 Å². The maximum atomic E-state index is 12.1. The van der Waals surface area contributed by atoms with Crippen molar-refractivity contribution in [2.24, 2.45) is 29.6 Å². The molecule has 8 nitrogen and oxygen atoms in total. The fraction of sp³-hybridized carbons (Fsp3) is 0.970. The molecule has 10 aliphatic rings. The molecular weight excluding hydrogens is 1230 g/mol. The third-order valence-electron chi connectivity index (χ3n) is 20.1. The molecule has 1 amide bonds. The van der Waals surface area contributed by atoms with E-state index >= 15 is 0 Å². The van der Waals surface area contributed by atoms with Crippen molar-refractivity contribution in [2.75, 3.05) is 103 Å². The van der Waals surface area contributed by atoms with Gasteiger partial charge in [-0.2, -0.15) is 0 Å². The van der Waals surface area contributed by atoms with Crippen LogP contribution in [0.3, 0.4) is 0 Å². The molecule has 13 heteroatoms. The largest absolute Gasteiger partial charge is 1.00 e. The van der Waals surface area contributed by atoms with Crippen LogP contribution in [0.2, 0.25) is 0 Å². The Morgan fingerprint density at radius 2 is 0.772 bits per heavy atom. The Bertz CT molecular complexity index is 1290. The predicted molar refractivity (Wildman–Crippen MR) is 347 cm³/mol. The fourth-order valence-electron chi connectivity index (χ4n) is 15.2. The van der Waals surface area contributed by atoms with Gasteiger partial charge < -0.3 is 55.0 Å². The van der Waals surface area contributed by atoms with Crippen molar-refractivity contribution in [1.29, 1.82) is 0 Å². The molecule has 0 unspecified atom stereocenters.